The number of para-hydroxylation sites is 1. The maximum Gasteiger partial charge on any atom is 0.266 e. The molecule has 0 atom stereocenters. The molecule has 1 amide bonds. The Morgan fingerprint density at radius 1 is 1.06 bits per heavy atom. The minimum Gasteiger partial charge on any atom is -0.337 e. The Morgan fingerprint density at radius 2 is 1.83 bits per heavy atom. The molecule has 1 N–H and O–H groups in total. The van der Waals surface area contributed by atoms with Crippen molar-refractivity contribution >= 4 is 29.0 Å². The van der Waals surface area contributed by atoms with Gasteiger partial charge in [-0.2, -0.15) is 5.10 Å². The van der Waals surface area contributed by atoms with Gasteiger partial charge in [-0.05, 0) is 73.6 Å². The van der Waals surface area contributed by atoms with Crippen LogP contribution < -0.4 is 5.56 Å². The van der Waals surface area contributed by atoms with Crippen LogP contribution >= 0.6 is 12.2 Å². The second-order valence-corrected chi connectivity index (χ2v) is 9.23. The molecule has 0 bridgehead atoms. The molecule has 8 heteroatoms. The Kier molecular flexibility index (Phi) is 6.12. The van der Waals surface area contributed by atoms with Crippen molar-refractivity contribution in [3.8, 4) is 11.4 Å². The summed E-state index contributed by atoms with van der Waals surface area (Å²) in [5, 5.41) is 4.87. The van der Waals surface area contributed by atoms with E-state index in [-0.39, 0.29) is 16.2 Å². The lowest BCUT2D eigenvalue weighted by Crippen LogP contribution is -2.26. The van der Waals surface area contributed by atoms with Gasteiger partial charge < -0.3 is 9.88 Å². The highest BCUT2D eigenvalue weighted by atomic mass is 32.1. The van der Waals surface area contributed by atoms with Crippen LogP contribution in [-0.2, 0) is 6.54 Å². The van der Waals surface area contributed by atoms with Crippen LogP contribution in [0, 0.1) is 18.6 Å². The van der Waals surface area contributed by atoms with Crippen LogP contribution in [0.1, 0.15) is 27.0 Å². The number of aryl methyl sites for hydroxylation is 1. The fourth-order valence-electron chi connectivity index (χ4n) is 4.28. The second-order valence-electron chi connectivity index (χ2n) is 8.84. The van der Waals surface area contributed by atoms with Gasteiger partial charge >= 0.3 is 0 Å². The number of hydrogen-bond donors (Lipinski definition) is 1. The molecule has 7 nitrogen and oxygen atoms in total. The topological polar surface area (TPSA) is 75.9 Å². The number of nitrogens with zero attached hydrogens (tertiary/aromatic N) is 4. The fourth-order valence-corrected chi connectivity index (χ4v) is 4.57. The van der Waals surface area contributed by atoms with E-state index in [0.717, 1.165) is 28.1 Å². The molecule has 0 radical (unpaired) electrons. The molecule has 0 fully saturated rings. The molecule has 2 aromatic heterocycles. The van der Waals surface area contributed by atoms with Crippen LogP contribution in [0.5, 0.6) is 0 Å². The zero-order valence-electron chi connectivity index (χ0n) is 20.2. The van der Waals surface area contributed by atoms with Gasteiger partial charge in [-0.1, -0.05) is 30.3 Å². The smallest absolute Gasteiger partial charge is 0.266 e. The summed E-state index contributed by atoms with van der Waals surface area (Å²) in [6, 6.07) is 20.6. The lowest BCUT2D eigenvalue weighted by Gasteiger charge is -2.17. The van der Waals surface area contributed by atoms with Gasteiger partial charge in [0.15, 0.2) is 4.77 Å². The van der Waals surface area contributed by atoms with Crippen molar-refractivity contribution in [1.82, 2.24) is 24.2 Å². The zero-order chi connectivity index (χ0) is 25.4. The standard InChI is InChI=1S/C28H25N5O2S/c1-18-8-7-11-25(19(18)2)33-27(35)23-13-12-21(14-24(23)30-28(33)36)26(34)31(3)16-20-15-29-32(17-20)22-9-5-4-6-10-22/h4-15,17H,16H2,1-3H3,(H,30,36). The first-order valence-corrected chi connectivity index (χ1v) is 11.9. The van der Waals surface area contributed by atoms with Crippen molar-refractivity contribution in [2.75, 3.05) is 7.05 Å². The number of hydrogen-bond acceptors (Lipinski definition) is 4. The predicted octanol–water partition coefficient (Wildman–Crippen LogP) is 5.12. The molecule has 0 spiro atoms. The minimum absolute atomic E-state index is 0.164. The lowest BCUT2D eigenvalue weighted by molar-refractivity contribution is 0.0785. The number of H-pyrrole nitrogens is 1. The minimum atomic E-state index is -0.219. The van der Waals surface area contributed by atoms with E-state index in [1.807, 2.05) is 68.6 Å². The Balaban J connectivity index is 1.43. The van der Waals surface area contributed by atoms with Gasteiger partial charge in [-0.3, -0.25) is 14.2 Å². The summed E-state index contributed by atoms with van der Waals surface area (Å²) in [6.45, 7) is 4.36. The van der Waals surface area contributed by atoms with Crippen molar-refractivity contribution in [2.24, 2.45) is 0 Å². The molecule has 0 saturated carbocycles. The summed E-state index contributed by atoms with van der Waals surface area (Å²) < 4.78 is 3.58. The number of aromatic nitrogens is 4. The molecule has 0 unspecified atom stereocenters. The van der Waals surface area contributed by atoms with Gasteiger partial charge in [0, 0.05) is 30.9 Å². The third-order valence-corrected chi connectivity index (χ3v) is 6.67. The Morgan fingerprint density at radius 3 is 2.61 bits per heavy atom. The van der Waals surface area contributed by atoms with Crippen LogP contribution in [-0.4, -0.2) is 37.2 Å². The van der Waals surface area contributed by atoms with E-state index in [1.165, 1.54) is 4.57 Å². The molecular formula is C28H25N5O2S. The van der Waals surface area contributed by atoms with Crippen LogP contribution in [0.25, 0.3) is 22.3 Å². The largest absolute Gasteiger partial charge is 0.337 e. The molecule has 3 aromatic carbocycles. The molecule has 0 aliphatic carbocycles. The van der Waals surface area contributed by atoms with Gasteiger partial charge in [0.2, 0.25) is 0 Å². The van der Waals surface area contributed by atoms with E-state index in [1.54, 1.807) is 41.0 Å². The number of aromatic amines is 1. The average Bonchev–Trinajstić information content (AvgIpc) is 3.34. The van der Waals surface area contributed by atoms with E-state index < -0.39 is 0 Å². The summed E-state index contributed by atoms with van der Waals surface area (Å²) >= 11 is 5.54. The van der Waals surface area contributed by atoms with Crippen molar-refractivity contribution < 1.29 is 4.79 Å². The quantitative estimate of drug-likeness (QED) is 0.343. The molecule has 5 rings (SSSR count). The van der Waals surface area contributed by atoms with Crippen molar-refractivity contribution in [3.05, 3.63) is 117 Å². The van der Waals surface area contributed by atoms with Crippen molar-refractivity contribution in [3.63, 3.8) is 0 Å². The van der Waals surface area contributed by atoms with Gasteiger partial charge in [-0.25, -0.2) is 4.68 Å². The SMILES string of the molecule is Cc1cccc(-n2c(=S)[nH]c3cc(C(=O)N(C)Cc4cnn(-c5ccccc5)c4)ccc3c2=O)c1C. The lowest BCUT2D eigenvalue weighted by atomic mass is 10.1. The molecule has 0 aliphatic heterocycles. The van der Waals surface area contributed by atoms with E-state index in [2.05, 4.69) is 10.1 Å². The molecule has 5 aromatic rings. The second kappa shape index (κ2) is 9.39. The number of nitrogens with one attached hydrogen (secondary N) is 1. The maximum atomic E-state index is 13.4. The van der Waals surface area contributed by atoms with E-state index in [9.17, 15) is 9.59 Å². The molecule has 0 aliphatic rings. The number of fused-ring (bicyclic) bond motifs is 1. The Hall–Kier alpha value is -4.30. The number of carbonyl (C=O) groups is 1. The molecule has 36 heavy (non-hydrogen) atoms. The van der Waals surface area contributed by atoms with Crippen LogP contribution in [0.15, 0.2) is 83.9 Å². The van der Waals surface area contributed by atoms with Gasteiger partial charge in [0.05, 0.1) is 28.5 Å². The predicted molar refractivity (Wildman–Crippen MR) is 144 cm³/mol. The van der Waals surface area contributed by atoms with Crippen molar-refractivity contribution in [2.45, 2.75) is 20.4 Å². The number of amides is 1. The summed E-state index contributed by atoms with van der Waals surface area (Å²) in [5.41, 5.74) is 5.45. The Bertz CT molecular complexity index is 1720. The summed E-state index contributed by atoms with van der Waals surface area (Å²) in [4.78, 5) is 31.3. The average molecular weight is 496 g/mol. The third-order valence-electron chi connectivity index (χ3n) is 6.38. The first kappa shape index (κ1) is 23.4. The number of rotatable bonds is 5. The number of benzene rings is 3. The summed E-state index contributed by atoms with van der Waals surface area (Å²) in [6.07, 6.45) is 3.66. The number of carbonyl (C=O) groups excluding carboxylic acids is 1. The fraction of sp³-hybridized carbons (Fsp3) is 0.143. The van der Waals surface area contributed by atoms with Gasteiger partial charge in [0.1, 0.15) is 0 Å². The molecular weight excluding hydrogens is 470 g/mol. The third kappa shape index (κ3) is 4.27. The first-order chi connectivity index (χ1) is 17.3. The van der Waals surface area contributed by atoms with Gasteiger partial charge in [-0.15, -0.1) is 0 Å². The van der Waals surface area contributed by atoms with Crippen LogP contribution in [0.3, 0.4) is 0 Å². The molecule has 2 heterocycles. The van der Waals surface area contributed by atoms with Crippen LogP contribution in [0.2, 0.25) is 0 Å². The highest BCUT2D eigenvalue weighted by Gasteiger charge is 2.16. The highest BCUT2D eigenvalue weighted by molar-refractivity contribution is 7.71. The van der Waals surface area contributed by atoms with E-state index >= 15 is 0 Å². The zero-order valence-corrected chi connectivity index (χ0v) is 21.0. The van der Waals surface area contributed by atoms with Crippen molar-refractivity contribution in [1.29, 1.82) is 0 Å². The summed E-state index contributed by atoms with van der Waals surface area (Å²) in [5.74, 6) is -0.164. The van der Waals surface area contributed by atoms with E-state index in [4.69, 9.17) is 12.2 Å². The monoisotopic (exact) mass is 495 g/mol. The summed E-state index contributed by atoms with van der Waals surface area (Å²) in [7, 11) is 1.74. The molecule has 0 saturated heterocycles. The van der Waals surface area contributed by atoms with E-state index in [0.29, 0.717) is 23.0 Å². The normalized spacial score (nSPS) is 11.1. The highest BCUT2D eigenvalue weighted by Crippen LogP contribution is 2.19. The maximum absolute atomic E-state index is 13.4. The van der Waals surface area contributed by atoms with Gasteiger partial charge in [0.25, 0.3) is 11.5 Å². The molecule has 180 valence electrons. The Labute approximate surface area is 213 Å². The van der Waals surface area contributed by atoms with Crippen LogP contribution in [0.4, 0.5) is 0 Å². The first-order valence-electron chi connectivity index (χ1n) is 11.5.